The van der Waals surface area contributed by atoms with Gasteiger partial charge in [0.2, 0.25) is 10.0 Å². The first-order valence-electron chi connectivity index (χ1n) is 9.09. The Labute approximate surface area is 161 Å². The van der Waals surface area contributed by atoms with Gasteiger partial charge in [0.25, 0.3) is 5.91 Å². The lowest BCUT2D eigenvalue weighted by Crippen LogP contribution is -2.44. The Balaban J connectivity index is 1.83. The van der Waals surface area contributed by atoms with E-state index in [0.29, 0.717) is 24.9 Å². The Bertz CT molecular complexity index is 796. The molecule has 1 aliphatic heterocycles. The molecule has 0 aromatic heterocycles. The molecule has 0 saturated carbocycles. The van der Waals surface area contributed by atoms with Gasteiger partial charge in [0.05, 0.1) is 4.90 Å². The molecule has 1 fully saturated rings. The minimum absolute atomic E-state index is 0.0887. The van der Waals surface area contributed by atoms with Gasteiger partial charge in [-0.05, 0) is 55.4 Å². The third kappa shape index (κ3) is 6.04. The maximum Gasteiger partial charge on any atom is 0.321 e. The van der Waals surface area contributed by atoms with Crippen LogP contribution in [0.25, 0.3) is 0 Å². The van der Waals surface area contributed by atoms with E-state index in [-0.39, 0.29) is 17.4 Å². The largest absolute Gasteiger partial charge is 0.455 e. The summed E-state index contributed by atoms with van der Waals surface area (Å²) < 4.78 is 31.7. The lowest BCUT2D eigenvalue weighted by Gasteiger charge is -2.34. The van der Waals surface area contributed by atoms with Gasteiger partial charge in [0.1, 0.15) is 6.54 Å². The molecule has 1 aliphatic rings. The molecule has 0 spiro atoms. The van der Waals surface area contributed by atoms with E-state index in [0.717, 1.165) is 17.5 Å². The first-order chi connectivity index (χ1) is 12.6. The van der Waals surface area contributed by atoms with Crippen molar-refractivity contribution in [3.05, 3.63) is 29.3 Å². The molecule has 1 heterocycles. The number of ether oxygens (including phenoxy) is 1. The summed E-state index contributed by atoms with van der Waals surface area (Å²) in [6, 6.07) is 4.74. The smallest absolute Gasteiger partial charge is 0.321 e. The maximum atomic E-state index is 12.3. The molecule has 0 unspecified atom stereocenters. The number of hydrogen-bond donors (Lipinski definition) is 1. The molecule has 1 aromatic rings. The van der Waals surface area contributed by atoms with Crippen LogP contribution < -0.4 is 4.72 Å². The van der Waals surface area contributed by atoms with Crippen LogP contribution in [-0.2, 0) is 24.3 Å². The number of aryl methyl sites for hydroxylation is 2. The summed E-state index contributed by atoms with van der Waals surface area (Å²) in [7, 11) is -3.81. The predicted molar refractivity (Wildman–Crippen MR) is 102 cm³/mol. The summed E-state index contributed by atoms with van der Waals surface area (Å²) in [5.41, 5.74) is 1.82. The van der Waals surface area contributed by atoms with Gasteiger partial charge >= 0.3 is 5.97 Å². The average molecular weight is 397 g/mol. The molecule has 27 heavy (non-hydrogen) atoms. The van der Waals surface area contributed by atoms with E-state index < -0.39 is 22.5 Å². The summed E-state index contributed by atoms with van der Waals surface area (Å²) in [5, 5.41) is 0. The van der Waals surface area contributed by atoms with Gasteiger partial charge < -0.3 is 9.64 Å². The van der Waals surface area contributed by atoms with E-state index in [1.54, 1.807) is 17.0 Å². The predicted octanol–water partition coefficient (Wildman–Crippen LogP) is 1.63. The lowest BCUT2D eigenvalue weighted by atomic mass is 9.92. The van der Waals surface area contributed by atoms with Crippen LogP contribution in [0.1, 0.15) is 31.4 Å². The number of carbonyl (C=O) groups is 2. The zero-order valence-electron chi connectivity index (χ0n) is 16.3. The summed E-state index contributed by atoms with van der Waals surface area (Å²) in [6.45, 7) is 8.29. The van der Waals surface area contributed by atoms with Crippen LogP contribution in [-0.4, -0.2) is 51.4 Å². The number of likely N-dealkylation sites (tertiary alicyclic amines) is 1. The average Bonchev–Trinajstić information content (AvgIpc) is 2.59. The van der Waals surface area contributed by atoms with Crippen molar-refractivity contribution >= 4 is 21.9 Å². The zero-order valence-corrected chi connectivity index (χ0v) is 17.1. The molecule has 1 amide bonds. The van der Waals surface area contributed by atoms with Gasteiger partial charge in [-0.25, -0.2) is 8.42 Å². The van der Waals surface area contributed by atoms with Crippen molar-refractivity contribution in [1.29, 1.82) is 0 Å². The monoisotopic (exact) mass is 396 g/mol. The van der Waals surface area contributed by atoms with E-state index in [9.17, 15) is 18.0 Å². The van der Waals surface area contributed by atoms with E-state index in [2.05, 4.69) is 18.6 Å². The fraction of sp³-hybridized carbons (Fsp3) is 0.579. The summed E-state index contributed by atoms with van der Waals surface area (Å²) in [4.78, 5) is 25.8. The van der Waals surface area contributed by atoms with E-state index in [1.807, 2.05) is 13.8 Å². The Morgan fingerprint density at radius 3 is 2.37 bits per heavy atom. The maximum absolute atomic E-state index is 12.3. The van der Waals surface area contributed by atoms with Gasteiger partial charge in [-0.1, -0.05) is 19.9 Å². The minimum Gasteiger partial charge on any atom is -0.455 e. The Hall–Kier alpha value is -1.93. The van der Waals surface area contributed by atoms with E-state index in [1.165, 1.54) is 6.07 Å². The van der Waals surface area contributed by atoms with Crippen LogP contribution in [0, 0.1) is 25.7 Å². The summed E-state index contributed by atoms with van der Waals surface area (Å²) >= 11 is 0. The van der Waals surface area contributed by atoms with Crippen LogP contribution in [0.5, 0.6) is 0 Å². The standard InChI is InChI=1S/C19H28N2O5S/c1-13-7-14(2)11-21(10-13)18(22)12-26-19(23)9-20-27(24,25)17-6-5-15(3)16(4)8-17/h5-6,8,13-14,20H,7,9-12H2,1-4H3/t13-,14-/m0/s1. The number of piperidine rings is 1. The molecule has 0 radical (unpaired) electrons. The fourth-order valence-electron chi connectivity index (χ4n) is 3.27. The molecule has 1 saturated heterocycles. The molecule has 0 aliphatic carbocycles. The van der Waals surface area contributed by atoms with Crippen LogP contribution in [0.4, 0.5) is 0 Å². The SMILES string of the molecule is Cc1ccc(S(=O)(=O)NCC(=O)OCC(=O)N2C[C@@H](C)C[C@H](C)C2)cc1C. The molecule has 1 aromatic carbocycles. The first kappa shape index (κ1) is 21.4. The second kappa shape index (κ2) is 8.84. The van der Waals surface area contributed by atoms with Crippen molar-refractivity contribution in [2.24, 2.45) is 11.8 Å². The van der Waals surface area contributed by atoms with Gasteiger partial charge in [-0.2, -0.15) is 4.72 Å². The normalized spacial score (nSPS) is 20.4. The molecule has 2 atom stereocenters. The molecule has 7 nitrogen and oxygen atoms in total. The Kier molecular flexibility index (Phi) is 7.00. The van der Waals surface area contributed by atoms with Crippen molar-refractivity contribution in [2.75, 3.05) is 26.2 Å². The van der Waals surface area contributed by atoms with Crippen molar-refractivity contribution in [3.63, 3.8) is 0 Å². The number of benzene rings is 1. The molecule has 2 rings (SSSR count). The number of nitrogens with one attached hydrogen (secondary N) is 1. The van der Waals surface area contributed by atoms with Gasteiger partial charge in [-0.15, -0.1) is 0 Å². The van der Waals surface area contributed by atoms with Crippen LogP contribution >= 0.6 is 0 Å². The van der Waals surface area contributed by atoms with Gasteiger partial charge in [-0.3, -0.25) is 9.59 Å². The number of amides is 1. The van der Waals surface area contributed by atoms with Gasteiger partial charge in [0, 0.05) is 13.1 Å². The second-order valence-corrected chi connectivity index (χ2v) is 9.24. The highest BCUT2D eigenvalue weighted by molar-refractivity contribution is 7.89. The number of sulfonamides is 1. The van der Waals surface area contributed by atoms with E-state index in [4.69, 9.17) is 4.74 Å². The van der Waals surface area contributed by atoms with Crippen LogP contribution in [0.3, 0.4) is 0 Å². The number of nitrogens with zero attached hydrogens (tertiary/aromatic N) is 1. The van der Waals surface area contributed by atoms with E-state index >= 15 is 0 Å². The highest BCUT2D eigenvalue weighted by Gasteiger charge is 2.26. The van der Waals surface area contributed by atoms with Crippen molar-refractivity contribution < 1.29 is 22.7 Å². The third-order valence-electron chi connectivity index (χ3n) is 4.77. The zero-order chi connectivity index (χ0) is 20.2. The molecular formula is C19H28N2O5S. The topological polar surface area (TPSA) is 92.8 Å². The molecule has 0 bridgehead atoms. The number of esters is 1. The highest BCUT2D eigenvalue weighted by Crippen LogP contribution is 2.21. The Morgan fingerprint density at radius 1 is 1.15 bits per heavy atom. The van der Waals surface area contributed by atoms with Gasteiger partial charge in [0.15, 0.2) is 6.61 Å². The lowest BCUT2D eigenvalue weighted by molar-refractivity contribution is -0.152. The van der Waals surface area contributed by atoms with Crippen molar-refractivity contribution in [2.45, 2.75) is 39.0 Å². The number of rotatable bonds is 6. The molecular weight excluding hydrogens is 368 g/mol. The minimum atomic E-state index is -3.81. The second-order valence-electron chi connectivity index (χ2n) is 7.48. The van der Waals surface area contributed by atoms with Crippen LogP contribution in [0.2, 0.25) is 0 Å². The molecule has 1 N–H and O–H groups in total. The fourth-order valence-corrected chi connectivity index (χ4v) is 4.32. The number of hydrogen-bond acceptors (Lipinski definition) is 5. The van der Waals surface area contributed by atoms with Crippen molar-refractivity contribution in [1.82, 2.24) is 9.62 Å². The van der Waals surface area contributed by atoms with Crippen LogP contribution in [0.15, 0.2) is 23.1 Å². The quantitative estimate of drug-likeness (QED) is 0.738. The molecule has 8 heteroatoms. The summed E-state index contributed by atoms with van der Waals surface area (Å²) in [6.07, 6.45) is 1.07. The number of carbonyl (C=O) groups excluding carboxylic acids is 2. The summed E-state index contributed by atoms with van der Waals surface area (Å²) in [5.74, 6) is -0.205. The third-order valence-corrected chi connectivity index (χ3v) is 6.17. The first-order valence-corrected chi connectivity index (χ1v) is 10.6. The highest BCUT2D eigenvalue weighted by atomic mass is 32.2. The molecule has 150 valence electrons. The van der Waals surface area contributed by atoms with Crippen molar-refractivity contribution in [3.8, 4) is 0 Å². The Morgan fingerprint density at radius 2 is 1.78 bits per heavy atom.